The van der Waals surface area contributed by atoms with E-state index < -0.39 is 0 Å². The summed E-state index contributed by atoms with van der Waals surface area (Å²) < 4.78 is 7.10. The first kappa shape index (κ1) is 16.3. The van der Waals surface area contributed by atoms with Crippen LogP contribution < -0.4 is 11.0 Å². The van der Waals surface area contributed by atoms with Gasteiger partial charge in [0.15, 0.2) is 5.65 Å². The Morgan fingerprint density at radius 2 is 2.19 bits per heavy atom. The molecule has 0 aliphatic carbocycles. The average molecular weight is 350 g/mol. The molecule has 0 bridgehead atoms. The standard InChI is InChI=1S/C18H18N6O2/c1-11-8-12(9-19)2-3-14(11)21-17-20-10-15-16(23-17)24(18(25)22-15)13-4-6-26-7-5-13/h2-3,8,10,13H,4-7H2,1H3,(H,22,25)(H,20,21,23). The molecule has 1 aromatic carbocycles. The predicted molar refractivity (Wildman–Crippen MR) is 96.4 cm³/mol. The number of imidazole rings is 1. The Kier molecular flexibility index (Phi) is 4.14. The summed E-state index contributed by atoms with van der Waals surface area (Å²) in [6.07, 6.45) is 3.18. The number of anilines is 2. The summed E-state index contributed by atoms with van der Waals surface area (Å²) in [4.78, 5) is 24.0. The fourth-order valence-electron chi connectivity index (χ4n) is 3.25. The largest absolute Gasteiger partial charge is 0.381 e. The molecule has 1 fully saturated rings. The molecule has 1 saturated heterocycles. The Hall–Kier alpha value is -3.18. The van der Waals surface area contributed by atoms with Gasteiger partial charge in [0.1, 0.15) is 5.52 Å². The van der Waals surface area contributed by atoms with Gasteiger partial charge in [-0.2, -0.15) is 10.2 Å². The number of nitrogens with one attached hydrogen (secondary N) is 2. The van der Waals surface area contributed by atoms with Crippen molar-refractivity contribution in [1.29, 1.82) is 5.26 Å². The third-order valence-electron chi connectivity index (χ3n) is 4.62. The van der Waals surface area contributed by atoms with Crippen LogP contribution in [-0.2, 0) is 4.74 Å². The number of benzene rings is 1. The molecule has 1 aliphatic heterocycles. The summed E-state index contributed by atoms with van der Waals surface area (Å²) in [6, 6.07) is 7.55. The summed E-state index contributed by atoms with van der Waals surface area (Å²) in [7, 11) is 0. The zero-order chi connectivity index (χ0) is 18.1. The molecule has 0 spiro atoms. The first-order chi connectivity index (χ1) is 12.7. The van der Waals surface area contributed by atoms with E-state index in [2.05, 4.69) is 26.3 Å². The minimum absolute atomic E-state index is 0.0735. The summed E-state index contributed by atoms with van der Waals surface area (Å²) in [6.45, 7) is 3.20. The summed E-state index contributed by atoms with van der Waals surface area (Å²) in [5, 5.41) is 12.1. The number of aromatic amines is 1. The molecule has 0 amide bonds. The van der Waals surface area contributed by atoms with E-state index in [9.17, 15) is 4.79 Å². The monoisotopic (exact) mass is 350 g/mol. The second kappa shape index (κ2) is 6.61. The van der Waals surface area contributed by atoms with Crippen LogP contribution >= 0.6 is 0 Å². The zero-order valence-corrected chi connectivity index (χ0v) is 14.3. The van der Waals surface area contributed by atoms with Gasteiger partial charge in [-0.05, 0) is 43.5 Å². The van der Waals surface area contributed by atoms with Crippen LogP contribution in [0.3, 0.4) is 0 Å². The molecule has 2 aromatic heterocycles. The third kappa shape index (κ3) is 2.93. The smallest absolute Gasteiger partial charge is 0.327 e. The van der Waals surface area contributed by atoms with Gasteiger partial charge in [0.05, 0.1) is 17.8 Å². The summed E-state index contributed by atoms with van der Waals surface area (Å²) >= 11 is 0. The summed E-state index contributed by atoms with van der Waals surface area (Å²) in [5.74, 6) is 0.408. The number of rotatable bonds is 3. The molecule has 0 atom stereocenters. The molecule has 1 aliphatic rings. The van der Waals surface area contributed by atoms with E-state index >= 15 is 0 Å². The highest BCUT2D eigenvalue weighted by atomic mass is 16.5. The lowest BCUT2D eigenvalue weighted by Gasteiger charge is -2.22. The van der Waals surface area contributed by atoms with E-state index in [4.69, 9.17) is 10.00 Å². The quantitative estimate of drug-likeness (QED) is 0.751. The molecule has 3 aromatic rings. The van der Waals surface area contributed by atoms with Gasteiger partial charge in [0.2, 0.25) is 5.95 Å². The van der Waals surface area contributed by atoms with Crippen molar-refractivity contribution in [3.8, 4) is 6.07 Å². The van der Waals surface area contributed by atoms with Crippen LogP contribution in [0.5, 0.6) is 0 Å². The van der Waals surface area contributed by atoms with Crippen LogP contribution in [0.1, 0.15) is 30.0 Å². The maximum atomic E-state index is 12.4. The number of nitrogens with zero attached hydrogens (tertiary/aromatic N) is 4. The highest BCUT2D eigenvalue weighted by Crippen LogP contribution is 2.24. The van der Waals surface area contributed by atoms with Crippen LogP contribution in [0.4, 0.5) is 11.6 Å². The Labute approximate surface area is 149 Å². The lowest BCUT2D eigenvalue weighted by Crippen LogP contribution is -2.27. The predicted octanol–water partition coefficient (Wildman–Crippen LogP) is 2.39. The third-order valence-corrected chi connectivity index (χ3v) is 4.62. The van der Waals surface area contributed by atoms with Crippen LogP contribution in [0.25, 0.3) is 11.2 Å². The number of H-pyrrole nitrogens is 1. The lowest BCUT2D eigenvalue weighted by molar-refractivity contribution is 0.0697. The van der Waals surface area contributed by atoms with E-state index in [1.807, 2.05) is 13.0 Å². The highest BCUT2D eigenvalue weighted by molar-refractivity contribution is 5.72. The van der Waals surface area contributed by atoms with Crippen molar-refractivity contribution >= 4 is 22.8 Å². The van der Waals surface area contributed by atoms with Crippen molar-refractivity contribution in [3.63, 3.8) is 0 Å². The van der Waals surface area contributed by atoms with Crippen molar-refractivity contribution in [2.45, 2.75) is 25.8 Å². The lowest BCUT2D eigenvalue weighted by atomic mass is 10.1. The van der Waals surface area contributed by atoms with E-state index in [1.54, 1.807) is 22.9 Å². The number of fused-ring (bicyclic) bond motifs is 1. The molecule has 0 radical (unpaired) electrons. The normalized spacial score (nSPS) is 15.1. The first-order valence-corrected chi connectivity index (χ1v) is 8.48. The molecule has 26 heavy (non-hydrogen) atoms. The molecule has 0 saturated carbocycles. The van der Waals surface area contributed by atoms with Crippen molar-refractivity contribution in [3.05, 3.63) is 46.0 Å². The van der Waals surface area contributed by atoms with Crippen molar-refractivity contribution in [2.75, 3.05) is 18.5 Å². The first-order valence-electron chi connectivity index (χ1n) is 8.48. The number of hydrogen-bond acceptors (Lipinski definition) is 6. The van der Waals surface area contributed by atoms with Gasteiger partial charge in [-0.25, -0.2) is 9.78 Å². The van der Waals surface area contributed by atoms with Crippen molar-refractivity contribution < 1.29 is 4.74 Å². The van der Waals surface area contributed by atoms with Gasteiger partial charge in [0, 0.05) is 24.9 Å². The van der Waals surface area contributed by atoms with Crippen molar-refractivity contribution in [1.82, 2.24) is 19.5 Å². The van der Waals surface area contributed by atoms with Crippen LogP contribution in [0.15, 0.2) is 29.2 Å². The van der Waals surface area contributed by atoms with Crippen LogP contribution in [0.2, 0.25) is 0 Å². The highest BCUT2D eigenvalue weighted by Gasteiger charge is 2.21. The Morgan fingerprint density at radius 1 is 1.38 bits per heavy atom. The molecule has 8 nitrogen and oxygen atoms in total. The minimum atomic E-state index is -0.173. The second-order valence-corrected chi connectivity index (χ2v) is 6.34. The number of nitriles is 1. The van der Waals surface area contributed by atoms with E-state index in [0.717, 1.165) is 24.1 Å². The van der Waals surface area contributed by atoms with Crippen molar-refractivity contribution in [2.24, 2.45) is 0 Å². The second-order valence-electron chi connectivity index (χ2n) is 6.34. The average Bonchev–Trinajstić information content (AvgIpc) is 2.99. The SMILES string of the molecule is Cc1cc(C#N)ccc1Nc1ncc2[nH]c(=O)n(C3CCOCC3)c2n1. The van der Waals surface area contributed by atoms with E-state index in [0.29, 0.717) is 35.9 Å². The van der Waals surface area contributed by atoms with Crippen LogP contribution in [0, 0.1) is 18.3 Å². The fraction of sp³-hybridized carbons (Fsp3) is 0.333. The zero-order valence-electron chi connectivity index (χ0n) is 14.3. The van der Waals surface area contributed by atoms with Gasteiger partial charge >= 0.3 is 5.69 Å². The maximum absolute atomic E-state index is 12.4. The molecule has 3 heterocycles. The van der Waals surface area contributed by atoms with Gasteiger partial charge in [-0.1, -0.05) is 0 Å². The molecule has 132 valence electrons. The maximum Gasteiger partial charge on any atom is 0.327 e. The van der Waals surface area contributed by atoms with E-state index in [1.165, 1.54) is 0 Å². The molecule has 2 N–H and O–H groups in total. The van der Waals surface area contributed by atoms with Gasteiger partial charge in [-0.3, -0.25) is 4.57 Å². The Balaban J connectivity index is 1.71. The Morgan fingerprint density at radius 3 is 2.92 bits per heavy atom. The molecule has 4 rings (SSSR count). The van der Waals surface area contributed by atoms with Gasteiger partial charge < -0.3 is 15.0 Å². The number of aromatic nitrogens is 4. The molecular formula is C18H18N6O2. The Bertz CT molecular complexity index is 1060. The topological polar surface area (TPSA) is 109 Å². The van der Waals surface area contributed by atoms with Gasteiger partial charge in [0.25, 0.3) is 0 Å². The van der Waals surface area contributed by atoms with Gasteiger partial charge in [-0.15, -0.1) is 0 Å². The van der Waals surface area contributed by atoms with Crippen LogP contribution in [-0.4, -0.2) is 32.7 Å². The number of aryl methyl sites for hydroxylation is 1. The van der Waals surface area contributed by atoms with E-state index in [-0.39, 0.29) is 11.7 Å². The number of ether oxygens (including phenoxy) is 1. The fourth-order valence-corrected chi connectivity index (χ4v) is 3.25. The number of hydrogen-bond donors (Lipinski definition) is 2. The molecule has 0 unspecified atom stereocenters. The molecule has 8 heteroatoms. The minimum Gasteiger partial charge on any atom is -0.381 e. The molecular weight excluding hydrogens is 332 g/mol. The summed E-state index contributed by atoms with van der Waals surface area (Å²) in [5.41, 5.74) is 3.37.